The van der Waals surface area contributed by atoms with Gasteiger partial charge in [0.25, 0.3) is 5.91 Å². The molecule has 3 aromatic rings. The number of benzene rings is 2. The van der Waals surface area contributed by atoms with Crippen molar-refractivity contribution in [3.63, 3.8) is 0 Å². The molecule has 7 heteroatoms. The summed E-state index contributed by atoms with van der Waals surface area (Å²) < 4.78 is 11.7. The first-order valence-electron chi connectivity index (χ1n) is 12.2. The maximum Gasteiger partial charge on any atom is 0.255 e. The Balaban J connectivity index is 1.42. The van der Waals surface area contributed by atoms with Gasteiger partial charge in [0.2, 0.25) is 0 Å². The number of pyridine rings is 1. The van der Waals surface area contributed by atoms with E-state index in [9.17, 15) is 4.79 Å². The average molecular weight is 475 g/mol. The van der Waals surface area contributed by atoms with Crippen LogP contribution in [0.4, 0.5) is 11.4 Å². The molecule has 184 valence electrons. The van der Waals surface area contributed by atoms with Gasteiger partial charge in [-0.2, -0.15) is 0 Å². The maximum atomic E-state index is 13.0. The Bertz CT molecular complexity index is 1130. The van der Waals surface area contributed by atoms with Gasteiger partial charge >= 0.3 is 0 Å². The Morgan fingerprint density at radius 3 is 2.51 bits per heavy atom. The third-order valence-electron chi connectivity index (χ3n) is 6.24. The van der Waals surface area contributed by atoms with Gasteiger partial charge in [0.15, 0.2) is 11.5 Å². The number of carbonyl (C=O) groups is 1. The predicted octanol–water partition coefficient (Wildman–Crippen LogP) is 4.76. The molecule has 0 spiro atoms. The number of carbonyl (C=O) groups excluding carboxylic acids is 1. The van der Waals surface area contributed by atoms with Crippen molar-refractivity contribution in [1.82, 2.24) is 9.88 Å². The fraction of sp³-hybridized carbons (Fsp3) is 0.357. The Hall–Kier alpha value is -3.58. The number of nitrogens with zero attached hydrogens (tertiary/aromatic N) is 3. The lowest BCUT2D eigenvalue weighted by molar-refractivity contribution is 0.102. The van der Waals surface area contributed by atoms with Crippen LogP contribution >= 0.6 is 0 Å². The van der Waals surface area contributed by atoms with E-state index >= 15 is 0 Å². The van der Waals surface area contributed by atoms with Gasteiger partial charge in [-0.3, -0.25) is 9.78 Å². The molecule has 7 nitrogen and oxygen atoms in total. The lowest BCUT2D eigenvalue weighted by Crippen LogP contribution is -2.46. The van der Waals surface area contributed by atoms with E-state index in [0.29, 0.717) is 30.3 Å². The molecule has 1 amide bonds. The van der Waals surface area contributed by atoms with Crippen molar-refractivity contribution in [2.45, 2.75) is 27.4 Å². The third-order valence-corrected chi connectivity index (χ3v) is 6.24. The fourth-order valence-corrected chi connectivity index (χ4v) is 4.28. The zero-order chi connectivity index (χ0) is 24.6. The summed E-state index contributed by atoms with van der Waals surface area (Å²) in [5, 5.41) is 3.02. The van der Waals surface area contributed by atoms with Gasteiger partial charge in [-0.1, -0.05) is 13.0 Å². The van der Waals surface area contributed by atoms with Gasteiger partial charge in [-0.25, -0.2) is 0 Å². The monoisotopic (exact) mass is 474 g/mol. The zero-order valence-electron chi connectivity index (χ0n) is 20.8. The maximum absolute atomic E-state index is 13.0. The molecule has 0 unspecified atom stereocenters. The number of aromatic nitrogens is 1. The van der Waals surface area contributed by atoms with Crippen LogP contribution in [0, 0.1) is 6.92 Å². The van der Waals surface area contributed by atoms with Crippen LogP contribution in [0.5, 0.6) is 11.5 Å². The van der Waals surface area contributed by atoms with Crippen molar-refractivity contribution in [2.75, 3.05) is 49.5 Å². The first-order chi connectivity index (χ1) is 17.1. The highest BCUT2D eigenvalue weighted by Crippen LogP contribution is 2.30. The van der Waals surface area contributed by atoms with Crippen LogP contribution in [-0.2, 0) is 6.61 Å². The van der Waals surface area contributed by atoms with Crippen LogP contribution in [0.3, 0.4) is 0 Å². The first-order valence-corrected chi connectivity index (χ1v) is 12.2. The summed E-state index contributed by atoms with van der Waals surface area (Å²) in [5.41, 5.74) is 4.63. The second-order valence-corrected chi connectivity index (χ2v) is 8.62. The van der Waals surface area contributed by atoms with Gasteiger partial charge in [-0.05, 0) is 68.4 Å². The Labute approximate surface area is 207 Å². The summed E-state index contributed by atoms with van der Waals surface area (Å²) in [7, 11) is 0. The number of ether oxygens (including phenoxy) is 2. The Kier molecular flexibility index (Phi) is 8.21. The summed E-state index contributed by atoms with van der Waals surface area (Å²) >= 11 is 0. The number of hydrogen-bond acceptors (Lipinski definition) is 6. The van der Waals surface area contributed by atoms with Crippen molar-refractivity contribution in [3.05, 3.63) is 77.6 Å². The molecule has 0 aliphatic carbocycles. The van der Waals surface area contributed by atoms with Crippen LogP contribution in [-0.4, -0.2) is 55.1 Å². The lowest BCUT2D eigenvalue weighted by Gasteiger charge is -2.36. The molecule has 4 rings (SSSR count). The smallest absolute Gasteiger partial charge is 0.255 e. The molecule has 1 aliphatic rings. The van der Waals surface area contributed by atoms with Crippen molar-refractivity contribution in [1.29, 1.82) is 0 Å². The van der Waals surface area contributed by atoms with Gasteiger partial charge in [-0.15, -0.1) is 0 Å². The normalized spacial score (nSPS) is 14.0. The van der Waals surface area contributed by atoms with Gasteiger partial charge in [0, 0.05) is 61.1 Å². The molecule has 0 bridgehead atoms. The molecule has 1 fully saturated rings. The molecule has 0 saturated carbocycles. The summed E-state index contributed by atoms with van der Waals surface area (Å²) in [6.07, 6.45) is 3.49. The molecule has 2 heterocycles. The highest BCUT2D eigenvalue weighted by atomic mass is 16.5. The molecule has 1 aromatic heterocycles. The zero-order valence-corrected chi connectivity index (χ0v) is 20.8. The molecule has 1 aliphatic heterocycles. The molecule has 0 atom stereocenters. The minimum absolute atomic E-state index is 0.187. The van der Waals surface area contributed by atoms with Crippen molar-refractivity contribution < 1.29 is 14.3 Å². The van der Waals surface area contributed by atoms with E-state index in [1.54, 1.807) is 30.6 Å². The number of hydrogen-bond donors (Lipinski definition) is 1. The summed E-state index contributed by atoms with van der Waals surface area (Å²) in [6.45, 7) is 12.4. The van der Waals surface area contributed by atoms with Gasteiger partial charge in [0.1, 0.15) is 6.61 Å². The second-order valence-electron chi connectivity index (χ2n) is 8.62. The topological polar surface area (TPSA) is 66.9 Å². The van der Waals surface area contributed by atoms with Crippen LogP contribution in [0.2, 0.25) is 0 Å². The molecule has 1 saturated heterocycles. The van der Waals surface area contributed by atoms with E-state index < -0.39 is 0 Å². The molecule has 2 aromatic carbocycles. The standard InChI is InChI=1S/C28H34N4O3/c1-4-31-13-15-32(16-14-31)25-10-9-24(17-21(25)3)30-28(33)23-8-11-26(27(18-23)34-5-2)35-20-22-7-6-12-29-19-22/h6-12,17-19H,4-5,13-16,20H2,1-3H3,(H,30,33). The van der Waals surface area contributed by atoms with Gasteiger partial charge in [0.05, 0.1) is 6.61 Å². The van der Waals surface area contributed by atoms with Crippen molar-refractivity contribution in [3.8, 4) is 11.5 Å². The predicted molar refractivity (Wildman–Crippen MR) is 140 cm³/mol. The van der Waals surface area contributed by atoms with Crippen molar-refractivity contribution in [2.24, 2.45) is 0 Å². The second kappa shape index (κ2) is 11.7. The van der Waals surface area contributed by atoms with Crippen molar-refractivity contribution >= 4 is 17.3 Å². The molecule has 0 radical (unpaired) electrons. The largest absolute Gasteiger partial charge is 0.490 e. The Morgan fingerprint density at radius 2 is 1.83 bits per heavy atom. The molecule has 1 N–H and O–H groups in total. The van der Waals surface area contributed by atoms with Crippen LogP contribution in [0.15, 0.2) is 60.9 Å². The molecular weight excluding hydrogens is 440 g/mol. The Morgan fingerprint density at radius 1 is 1.00 bits per heavy atom. The van der Waals surface area contributed by atoms with Crippen LogP contribution in [0.1, 0.15) is 35.3 Å². The third kappa shape index (κ3) is 6.31. The summed E-state index contributed by atoms with van der Waals surface area (Å²) in [6, 6.07) is 15.2. The van der Waals surface area contributed by atoms with E-state index in [-0.39, 0.29) is 5.91 Å². The van der Waals surface area contributed by atoms with E-state index in [0.717, 1.165) is 49.5 Å². The van der Waals surface area contributed by atoms with E-state index in [1.165, 1.54) is 5.69 Å². The number of nitrogens with one attached hydrogen (secondary N) is 1. The number of amides is 1. The van der Waals surface area contributed by atoms with E-state index in [1.807, 2.05) is 31.2 Å². The summed E-state index contributed by atoms with van der Waals surface area (Å²) in [4.78, 5) is 22.0. The quantitative estimate of drug-likeness (QED) is 0.482. The van der Waals surface area contributed by atoms with Crippen LogP contribution < -0.4 is 19.7 Å². The number of piperazine rings is 1. The van der Waals surface area contributed by atoms with E-state index in [2.05, 4.69) is 40.0 Å². The number of aryl methyl sites for hydroxylation is 1. The van der Waals surface area contributed by atoms with Crippen LogP contribution in [0.25, 0.3) is 0 Å². The minimum Gasteiger partial charge on any atom is -0.490 e. The van der Waals surface area contributed by atoms with E-state index in [4.69, 9.17) is 9.47 Å². The number of likely N-dealkylation sites (N-methyl/N-ethyl adjacent to an activating group) is 1. The lowest BCUT2D eigenvalue weighted by atomic mass is 10.1. The highest BCUT2D eigenvalue weighted by molar-refractivity contribution is 6.04. The minimum atomic E-state index is -0.187. The number of rotatable bonds is 9. The first kappa shape index (κ1) is 24.5. The average Bonchev–Trinajstić information content (AvgIpc) is 2.89. The SMILES string of the molecule is CCOc1cc(C(=O)Nc2ccc(N3CCN(CC)CC3)c(C)c2)ccc1OCc1cccnc1. The van der Waals surface area contributed by atoms with Gasteiger partial charge < -0.3 is 24.6 Å². The fourth-order valence-electron chi connectivity index (χ4n) is 4.28. The number of anilines is 2. The molecule has 35 heavy (non-hydrogen) atoms. The molecular formula is C28H34N4O3. The summed E-state index contributed by atoms with van der Waals surface area (Å²) in [5.74, 6) is 0.950. The highest BCUT2D eigenvalue weighted by Gasteiger charge is 2.18.